The number of hydrogen-bond donors (Lipinski definition) is 2. The smallest absolute Gasteiger partial charge is 0.237 e. The van der Waals surface area contributed by atoms with E-state index in [2.05, 4.69) is 22.7 Å². The van der Waals surface area contributed by atoms with Gasteiger partial charge in [-0.25, -0.2) is 0 Å². The SMILES string of the molecule is CCn1nccc1CNC1CCCNC1=O. The van der Waals surface area contributed by atoms with Gasteiger partial charge in [-0.15, -0.1) is 0 Å². The quantitative estimate of drug-likeness (QED) is 0.769. The summed E-state index contributed by atoms with van der Waals surface area (Å²) in [6.45, 7) is 4.43. The van der Waals surface area contributed by atoms with Crippen LogP contribution in [0.2, 0.25) is 0 Å². The molecule has 0 radical (unpaired) electrons. The van der Waals surface area contributed by atoms with Gasteiger partial charge in [0.25, 0.3) is 0 Å². The summed E-state index contributed by atoms with van der Waals surface area (Å²) in [5.41, 5.74) is 1.13. The number of nitrogens with zero attached hydrogens (tertiary/aromatic N) is 2. The average molecular weight is 222 g/mol. The molecule has 0 aliphatic carbocycles. The molecule has 1 amide bonds. The zero-order chi connectivity index (χ0) is 11.4. The average Bonchev–Trinajstić information content (AvgIpc) is 2.75. The molecule has 1 aromatic rings. The monoisotopic (exact) mass is 222 g/mol. The third-order valence-electron chi connectivity index (χ3n) is 2.92. The maximum atomic E-state index is 11.5. The normalized spacial score (nSPS) is 20.8. The molecule has 0 spiro atoms. The van der Waals surface area contributed by atoms with Crippen molar-refractivity contribution >= 4 is 5.91 Å². The van der Waals surface area contributed by atoms with Gasteiger partial charge >= 0.3 is 0 Å². The Morgan fingerprint density at radius 2 is 2.56 bits per heavy atom. The molecule has 1 saturated heterocycles. The maximum absolute atomic E-state index is 11.5. The zero-order valence-corrected chi connectivity index (χ0v) is 9.57. The first kappa shape index (κ1) is 11.1. The van der Waals surface area contributed by atoms with Gasteiger partial charge in [0.2, 0.25) is 5.91 Å². The molecule has 1 aliphatic rings. The minimum absolute atomic E-state index is 0.0473. The van der Waals surface area contributed by atoms with E-state index in [1.165, 1.54) is 0 Å². The van der Waals surface area contributed by atoms with Gasteiger partial charge in [-0.05, 0) is 25.8 Å². The molecular formula is C11H18N4O. The van der Waals surface area contributed by atoms with Gasteiger partial charge in [0.1, 0.15) is 0 Å². The minimum atomic E-state index is -0.0473. The van der Waals surface area contributed by atoms with Crippen molar-refractivity contribution in [3.8, 4) is 0 Å². The lowest BCUT2D eigenvalue weighted by Gasteiger charge is -2.22. The van der Waals surface area contributed by atoms with Crippen molar-refractivity contribution in [1.82, 2.24) is 20.4 Å². The Morgan fingerprint density at radius 3 is 3.31 bits per heavy atom. The van der Waals surface area contributed by atoms with Crippen molar-refractivity contribution in [2.24, 2.45) is 0 Å². The van der Waals surface area contributed by atoms with Gasteiger partial charge in [0, 0.05) is 25.8 Å². The van der Waals surface area contributed by atoms with Crippen molar-refractivity contribution in [3.63, 3.8) is 0 Å². The van der Waals surface area contributed by atoms with Crippen LogP contribution in [0.25, 0.3) is 0 Å². The van der Waals surface area contributed by atoms with Crippen LogP contribution in [-0.4, -0.2) is 28.3 Å². The first-order valence-electron chi connectivity index (χ1n) is 5.83. The number of nitrogens with one attached hydrogen (secondary N) is 2. The summed E-state index contributed by atoms with van der Waals surface area (Å²) in [6, 6.07) is 1.94. The zero-order valence-electron chi connectivity index (χ0n) is 9.57. The lowest BCUT2D eigenvalue weighted by atomic mass is 10.1. The second-order valence-electron chi connectivity index (χ2n) is 4.01. The maximum Gasteiger partial charge on any atom is 0.237 e. The number of hydrogen-bond acceptors (Lipinski definition) is 3. The highest BCUT2D eigenvalue weighted by Gasteiger charge is 2.21. The highest BCUT2D eigenvalue weighted by molar-refractivity contribution is 5.82. The molecule has 0 bridgehead atoms. The first-order valence-corrected chi connectivity index (χ1v) is 5.83. The molecule has 0 aromatic carbocycles. The second kappa shape index (κ2) is 5.12. The fourth-order valence-electron chi connectivity index (χ4n) is 1.99. The summed E-state index contributed by atoms with van der Waals surface area (Å²) >= 11 is 0. The fraction of sp³-hybridized carbons (Fsp3) is 0.636. The van der Waals surface area contributed by atoms with Crippen molar-refractivity contribution in [3.05, 3.63) is 18.0 Å². The lowest BCUT2D eigenvalue weighted by molar-refractivity contribution is -0.124. The Labute approximate surface area is 95.2 Å². The van der Waals surface area contributed by atoms with Gasteiger partial charge in [0.15, 0.2) is 0 Å². The molecule has 1 atom stereocenters. The summed E-state index contributed by atoms with van der Waals surface area (Å²) in [4.78, 5) is 11.5. The Balaban J connectivity index is 1.89. The third kappa shape index (κ3) is 2.41. The molecule has 1 fully saturated rings. The Kier molecular flexibility index (Phi) is 3.56. The van der Waals surface area contributed by atoms with Crippen LogP contribution in [0.3, 0.4) is 0 Å². The van der Waals surface area contributed by atoms with E-state index >= 15 is 0 Å². The molecule has 16 heavy (non-hydrogen) atoms. The van der Waals surface area contributed by atoms with Crippen LogP contribution in [-0.2, 0) is 17.9 Å². The van der Waals surface area contributed by atoms with E-state index in [0.717, 1.165) is 31.6 Å². The lowest BCUT2D eigenvalue weighted by Crippen LogP contribution is -2.48. The molecule has 1 aliphatic heterocycles. The van der Waals surface area contributed by atoms with Gasteiger partial charge < -0.3 is 10.6 Å². The molecule has 5 nitrogen and oxygen atoms in total. The third-order valence-corrected chi connectivity index (χ3v) is 2.92. The van der Waals surface area contributed by atoms with Crippen LogP contribution in [0.1, 0.15) is 25.5 Å². The summed E-state index contributed by atoms with van der Waals surface area (Å²) < 4.78 is 1.94. The van der Waals surface area contributed by atoms with Crippen molar-refractivity contribution in [1.29, 1.82) is 0 Å². The molecule has 88 valence electrons. The Hall–Kier alpha value is -1.36. The Morgan fingerprint density at radius 1 is 1.69 bits per heavy atom. The number of aryl methyl sites for hydroxylation is 1. The number of rotatable bonds is 4. The largest absolute Gasteiger partial charge is 0.355 e. The Bertz CT molecular complexity index is 361. The molecule has 1 unspecified atom stereocenters. The van der Waals surface area contributed by atoms with E-state index in [9.17, 15) is 4.79 Å². The van der Waals surface area contributed by atoms with Crippen molar-refractivity contribution < 1.29 is 4.79 Å². The van der Waals surface area contributed by atoms with E-state index in [1.54, 1.807) is 6.20 Å². The first-order chi connectivity index (χ1) is 7.81. The van der Waals surface area contributed by atoms with Crippen LogP contribution in [0.5, 0.6) is 0 Å². The number of carbonyl (C=O) groups excluding carboxylic acids is 1. The van der Waals surface area contributed by atoms with Gasteiger partial charge in [-0.2, -0.15) is 5.10 Å². The second-order valence-corrected chi connectivity index (χ2v) is 4.01. The molecule has 1 aromatic heterocycles. The molecule has 2 heterocycles. The van der Waals surface area contributed by atoms with Crippen LogP contribution in [0.15, 0.2) is 12.3 Å². The predicted molar refractivity (Wildman–Crippen MR) is 60.8 cm³/mol. The van der Waals surface area contributed by atoms with E-state index in [4.69, 9.17) is 0 Å². The van der Waals surface area contributed by atoms with Crippen LogP contribution >= 0.6 is 0 Å². The minimum Gasteiger partial charge on any atom is -0.355 e. The molecule has 2 rings (SSSR count). The summed E-state index contributed by atoms with van der Waals surface area (Å²) in [7, 11) is 0. The van der Waals surface area contributed by atoms with E-state index in [-0.39, 0.29) is 11.9 Å². The standard InChI is InChI=1S/C11H18N4O/c1-2-15-9(5-7-14-15)8-13-10-4-3-6-12-11(10)16/h5,7,10,13H,2-4,6,8H2,1H3,(H,12,16). The molecular weight excluding hydrogens is 204 g/mol. The summed E-state index contributed by atoms with van der Waals surface area (Å²) in [6.07, 6.45) is 3.77. The van der Waals surface area contributed by atoms with Crippen LogP contribution in [0.4, 0.5) is 0 Å². The number of aromatic nitrogens is 2. The van der Waals surface area contributed by atoms with E-state index in [1.807, 2.05) is 10.7 Å². The summed E-state index contributed by atoms with van der Waals surface area (Å²) in [5.74, 6) is 0.119. The number of amides is 1. The van der Waals surface area contributed by atoms with Gasteiger partial charge in [-0.3, -0.25) is 9.48 Å². The number of carbonyl (C=O) groups is 1. The molecule has 0 saturated carbocycles. The van der Waals surface area contributed by atoms with Gasteiger partial charge in [0.05, 0.1) is 11.7 Å². The topological polar surface area (TPSA) is 59.0 Å². The van der Waals surface area contributed by atoms with Crippen LogP contribution in [0, 0.1) is 0 Å². The van der Waals surface area contributed by atoms with Crippen LogP contribution < -0.4 is 10.6 Å². The molecule has 2 N–H and O–H groups in total. The number of piperidine rings is 1. The molecule has 5 heteroatoms. The van der Waals surface area contributed by atoms with E-state index in [0.29, 0.717) is 6.54 Å². The highest BCUT2D eigenvalue weighted by atomic mass is 16.2. The van der Waals surface area contributed by atoms with Crippen molar-refractivity contribution in [2.75, 3.05) is 6.54 Å². The fourth-order valence-corrected chi connectivity index (χ4v) is 1.99. The van der Waals surface area contributed by atoms with Crippen molar-refractivity contribution in [2.45, 2.75) is 38.9 Å². The van der Waals surface area contributed by atoms with Gasteiger partial charge in [-0.1, -0.05) is 0 Å². The van der Waals surface area contributed by atoms with E-state index < -0.39 is 0 Å². The summed E-state index contributed by atoms with van der Waals surface area (Å²) in [5, 5.41) is 10.3. The highest BCUT2D eigenvalue weighted by Crippen LogP contribution is 2.05. The predicted octanol–water partition coefficient (Wildman–Crippen LogP) is 0.271.